The summed E-state index contributed by atoms with van der Waals surface area (Å²) in [4.78, 5) is 42.2. The standard InChI is InChI=1S/C25H19ClN2O4/c1-2-32-18-12-10-15(11-13-18)21-22(25(31)27(21)17-7-5-6-16(26)14-17)28-23(29)19-8-3-4-9-20(19)24(28)30/h3-14,21-22H,2H2,1H3/t21-,22+/m1/s1. The number of carbonyl (C=O) groups is 3. The van der Waals surface area contributed by atoms with Gasteiger partial charge in [-0.05, 0) is 55.0 Å². The smallest absolute Gasteiger partial charge is 0.262 e. The van der Waals surface area contributed by atoms with Gasteiger partial charge in [0.25, 0.3) is 17.7 Å². The van der Waals surface area contributed by atoms with Crippen LogP contribution < -0.4 is 9.64 Å². The summed E-state index contributed by atoms with van der Waals surface area (Å²) < 4.78 is 5.53. The molecule has 0 unspecified atom stereocenters. The zero-order valence-corrected chi connectivity index (χ0v) is 18.0. The van der Waals surface area contributed by atoms with Gasteiger partial charge in [-0.25, -0.2) is 0 Å². The highest BCUT2D eigenvalue weighted by atomic mass is 35.5. The number of amides is 3. The molecule has 3 aromatic carbocycles. The maximum atomic E-state index is 13.4. The molecular weight excluding hydrogens is 428 g/mol. The van der Waals surface area contributed by atoms with Crippen LogP contribution in [0.25, 0.3) is 0 Å². The zero-order valence-electron chi connectivity index (χ0n) is 17.2. The average Bonchev–Trinajstić information content (AvgIpc) is 3.04. The number of benzene rings is 3. The lowest BCUT2D eigenvalue weighted by Gasteiger charge is -2.49. The molecule has 2 aliphatic rings. The molecule has 3 aromatic rings. The van der Waals surface area contributed by atoms with E-state index in [1.165, 1.54) is 0 Å². The van der Waals surface area contributed by atoms with Gasteiger partial charge in [0, 0.05) is 10.7 Å². The van der Waals surface area contributed by atoms with Crippen molar-refractivity contribution in [2.24, 2.45) is 0 Å². The van der Waals surface area contributed by atoms with Crippen LogP contribution in [-0.2, 0) is 4.79 Å². The lowest BCUT2D eigenvalue weighted by molar-refractivity contribution is -0.130. The van der Waals surface area contributed by atoms with Crippen molar-refractivity contribution in [1.29, 1.82) is 0 Å². The molecule has 1 saturated heterocycles. The Bertz CT molecular complexity index is 1210. The SMILES string of the molecule is CCOc1ccc([C@@H]2[C@H](N3C(=O)c4ccccc4C3=O)C(=O)N2c2cccc(Cl)c2)cc1. The van der Waals surface area contributed by atoms with E-state index in [1.54, 1.807) is 53.4 Å². The Morgan fingerprint density at radius 1 is 0.812 bits per heavy atom. The molecule has 0 aromatic heterocycles. The van der Waals surface area contributed by atoms with E-state index in [9.17, 15) is 14.4 Å². The molecule has 0 radical (unpaired) electrons. The quantitative estimate of drug-likeness (QED) is 0.428. The van der Waals surface area contributed by atoms with Crippen molar-refractivity contribution in [1.82, 2.24) is 4.90 Å². The normalized spacial score (nSPS) is 19.8. The molecule has 2 atom stereocenters. The predicted molar refractivity (Wildman–Crippen MR) is 120 cm³/mol. The molecule has 160 valence electrons. The summed E-state index contributed by atoms with van der Waals surface area (Å²) >= 11 is 6.16. The van der Waals surface area contributed by atoms with Crippen LogP contribution in [0.3, 0.4) is 0 Å². The van der Waals surface area contributed by atoms with Crippen molar-refractivity contribution in [3.8, 4) is 5.75 Å². The fourth-order valence-electron chi connectivity index (χ4n) is 4.36. The summed E-state index contributed by atoms with van der Waals surface area (Å²) in [7, 11) is 0. The molecule has 0 bridgehead atoms. The molecule has 0 N–H and O–H groups in total. The largest absolute Gasteiger partial charge is 0.494 e. The molecule has 6 nitrogen and oxygen atoms in total. The monoisotopic (exact) mass is 446 g/mol. The van der Waals surface area contributed by atoms with Gasteiger partial charge >= 0.3 is 0 Å². The number of fused-ring (bicyclic) bond motifs is 1. The van der Waals surface area contributed by atoms with Crippen LogP contribution in [0, 0.1) is 0 Å². The summed E-state index contributed by atoms with van der Waals surface area (Å²) in [6.45, 7) is 2.44. The van der Waals surface area contributed by atoms with Crippen LogP contribution in [-0.4, -0.2) is 35.3 Å². The number of β-lactam (4-membered cyclic amide) rings is 1. The fourth-order valence-corrected chi connectivity index (χ4v) is 4.54. The summed E-state index contributed by atoms with van der Waals surface area (Å²) in [6.07, 6.45) is 0. The molecule has 0 saturated carbocycles. The summed E-state index contributed by atoms with van der Waals surface area (Å²) in [6, 6.07) is 19.4. The molecule has 0 spiro atoms. The molecule has 7 heteroatoms. The van der Waals surface area contributed by atoms with Gasteiger partial charge in [0.05, 0.1) is 23.8 Å². The minimum Gasteiger partial charge on any atom is -0.494 e. The van der Waals surface area contributed by atoms with Crippen molar-refractivity contribution in [2.45, 2.75) is 19.0 Å². The van der Waals surface area contributed by atoms with Gasteiger partial charge in [-0.3, -0.25) is 19.3 Å². The van der Waals surface area contributed by atoms with E-state index in [4.69, 9.17) is 16.3 Å². The first-order chi connectivity index (χ1) is 15.5. The highest BCUT2D eigenvalue weighted by Gasteiger charge is 2.57. The second-order valence-corrected chi connectivity index (χ2v) is 8.04. The Balaban J connectivity index is 1.57. The summed E-state index contributed by atoms with van der Waals surface area (Å²) in [5.74, 6) is -0.537. The third kappa shape index (κ3) is 3.07. The van der Waals surface area contributed by atoms with Gasteiger partial charge in [0.1, 0.15) is 11.8 Å². The van der Waals surface area contributed by atoms with Crippen molar-refractivity contribution in [3.63, 3.8) is 0 Å². The molecule has 0 aliphatic carbocycles. The van der Waals surface area contributed by atoms with Gasteiger partial charge < -0.3 is 9.64 Å². The van der Waals surface area contributed by atoms with E-state index in [1.807, 2.05) is 31.2 Å². The van der Waals surface area contributed by atoms with Crippen molar-refractivity contribution in [2.75, 3.05) is 11.5 Å². The van der Waals surface area contributed by atoms with Crippen LogP contribution in [0.15, 0.2) is 72.8 Å². The third-order valence-corrected chi connectivity index (χ3v) is 6.03. The van der Waals surface area contributed by atoms with Gasteiger partial charge in [-0.1, -0.05) is 41.9 Å². The first-order valence-corrected chi connectivity index (χ1v) is 10.7. The average molecular weight is 447 g/mol. The molecular formula is C25H19ClN2O4. The molecule has 5 rings (SSSR count). The molecule has 32 heavy (non-hydrogen) atoms. The van der Waals surface area contributed by atoms with Gasteiger partial charge in [-0.15, -0.1) is 0 Å². The highest BCUT2D eigenvalue weighted by molar-refractivity contribution is 6.31. The number of ether oxygens (including phenoxy) is 1. The third-order valence-electron chi connectivity index (χ3n) is 5.79. The predicted octanol–water partition coefficient (Wildman–Crippen LogP) is 4.49. The Morgan fingerprint density at radius 2 is 1.47 bits per heavy atom. The number of halogens is 1. The van der Waals surface area contributed by atoms with Crippen LogP contribution in [0.2, 0.25) is 5.02 Å². The Labute approximate surface area is 190 Å². The zero-order chi connectivity index (χ0) is 22.4. The van der Waals surface area contributed by atoms with Crippen molar-refractivity contribution >= 4 is 35.0 Å². The molecule has 2 aliphatic heterocycles. The first kappa shape index (κ1) is 20.3. The molecule has 2 heterocycles. The number of hydrogen-bond acceptors (Lipinski definition) is 4. The second kappa shape index (κ2) is 7.80. The lowest BCUT2D eigenvalue weighted by atomic mass is 9.86. The summed E-state index contributed by atoms with van der Waals surface area (Å²) in [5.41, 5.74) is 2.03. The van der Waals surface area contributed by atoms with Crippen molar-refractivity contribution in [3.05, 3.63) is 94.5 Å². The van der Waals surface area contributed by atoms with E-state index >= 15 is 0 Å². The summed E-state index contributed by atoms with van der Waals surface area (Å²) in [5, 5.41) is 0.491. The maximum Gasteiger partial charge on any atom is 0.262 e. The van der Waals surface area contributed by atoms with E-state index < -0.39 is 23.9 Å². The highest BCUT2D eigenvalue weighted by Crippen LogP contribution is 2.44. The number of hydrogen-bond donors (Lipinski definition) is 0. The number of imide groups is 1. The van der Waals surface area contributed by atoms with Gasteiger partial charge in [0.2, 0.25) is 0 Å². The number of nitrogens with zero attached hydrogens (tertiary/aromatic N) is 2. The Hall–Kier alpha value is -3.64. The topological polar surface area (TPSA) is 66.9 Å². The van der Waals surface area contributed by atoms with E-state index in [2.05, 4.69) is 0 Å². The maximum absolute atomic E-state index is 13.4. The number of rotatable bonds is 5. The lowest BCUT2D eigenvalue weighted by Crippen LogP contribution is -2.67. The Morgan fingerprint density at radius 3 is 2.06 bits per heavy atom. The van der Waals surface area contributed by atoms with E-state index in [-0.39, 0.29) is 5.91 Å². The second-order valence-electron chi connectivity index (χ2n) is 7.61. The minimum absolute atomic E-state index is 0.317. The first-order valence-electron chi connectivity index (χ1n) is 10.3. The van der Waals surface area contributed by atoms with E-state index in [0.29, 0.717) is 34.2 Å². The molecule has 1 fully saturated rings. The van der Waals surface area contributed by atoms with Crippen LogP contribution in [0.5, 0.6) is 5.75 Å². The van der Waals surface area contributed by atoms with Crippen LogP contribution in [0.4, 0.5) is 5.69 Å². The minimum atomic E-state index is -0.945. The fraction of sp³-hybridized carbons (Fsp3) is 0.160. The molecule has 3 amide bonds. The Kier molecular flexibility index (Phi) is 4.94. The number of carbonyl (C=O) groups excluding carboxylic acids is 3. The van der Waals surface area contributed by atoms with Crippen molar-refractivity contribution < 1.29 is 19.1 Å². The van der Waals surface area contributed by atoms with Crippen LogP contribution >= 0.6 is 11.6 Å². The van der Waals surface area contributed by atoms with Gasteiger partial charge in [-0.2, -0.15) is 0 Å². The van der Waals surface area contributed by atoms with Crippen LogP contribution in [0.1, 0.15) is 39.2 Å². The van der Waals surface area contributed by atoms with E-state index in [0.717, 1.165) is 10.5 Å². The van der Waals surface area contributed by atoms with Gasteiger partial charge in [0.15, 0.2) is 0 Å². The number of anilines is 1.